The van der Waals surface area contributed by atoms with Gasteiger partial charge in [0.2, 0.25) is 10.0 Å². The maximum atomic E-state index is 11.4. The number of sulfonamides is 1. The standard InChI is InChI=1S/C17H29BrN4O2S.HI/c1-4-14(11-15-7-6-8-16(18)12-15)13-21-17(19-3)20-9-10-22-25(23,24)5-2;/h6-8,12,14,22H,4-5,9-11,13H2,1-3H3,(H2,19,20,21);1H. The van der Waals surface area contributed by atoms with E-state index in [2.05, 4.69) is 61.4 Å². The molecule has 0 spiro atoms. The minimum absolute atomic E-state index is 0. The molecular weight excluding hydrogens is 531 g/mol. The Kier molecular flexibility index (Phi) is 13.5. The predicted molar refractivity (Wildman–Crippen MR) is 124 cm³/mol. The van der Waals surface area contributed by atoms with E-state index in [1.165, 1.54) is 5.56 Å². The molecule has 0 aliphatic carbocycles. The number of nitrogens with one attached hydrogen (secondary N) is 3. The molecule has 0 aliphatic rings. The second kappa shape index (κ2) is 13.7. The zero-order chi connectivity index (χ0) is 18.7. The first kappa shape index (κ1) is 25.6. The molecule has 0 heterocycles. The zero-order valence-electron chi connectivity index (χ0n) is 15.6. The highest BCUT2D eigenvalue weighted by Gasteiger charge is 2.09. The number of hydrogen-bond acceptors (Lipinski definition) is 3. The first-order valence-electron chi connectivity index (χ1n) is 8.56. The van der Waals surface area contributed by atoms with Crippen molar-refractivity contribution in [3.63, 3.8) is 0 Å². The number of guanidine groups is 1. The lowest BCUT2D eigenvalue weighted by Crippen LogP contribution is -2.43. The van der Waals surface area contributed by atoms with Crippen molar-refractivity contribution in [1.29, 1.82) is 0 Å². The van der Waals surface area contributed by atoms with Crippen molar-refractivity contribution in [1.82, 2.24) is 15.4 Å². The summed E-state index contributed by atoms with van der Waals surface area (Å²) in [5, 5.41) is 6.44. The van der Waals surface area contributed by atoms with Gasteiger partial charge in [-0.2, -0.15) is 0 Å². The number of hydrogen-bond donors (Lipinski definition) is 3. The average Bonchev–Trinajstić information content (AvgIpc) is 2.60. The van der Waals surface area contributed by atoms with E-state index >= 15 is 0 Å². The van der Waals surface area contributed by atoms with Crippen LogP contribution >= 0.6 is 39.9 Å². The largest absolute Gasteiger partial charge is 0.356 e. The second-order valence-corrected chi connectivity index (χ2v) is 8.80. The normalized spacial score (nSPS) is 13.0. The van der Waals surface area contributed by atoms with Gasteiger partial charge in [-0.3, -0.25) is 4.99 Å². The number of rotatable bonds is 10. The molecule has 0 aromatic heterocycles. The summed E-state index contributed by atoms with van der Waals surface area (Å²) in [5.41, 5.74) is 1.31. The highest BCUT2D eigenvalue weighted by Crippen LogP contribution is 2.16. The highest BCUT2D eigenvalue weighted by molar-refractivity contribution is 14.0. The van der Waals surface area contributed by atoms with Gasteiger partial charge in [0, 0.05) is 31.2 Å². The second-order valence-electron chi connectivity index (χ2n) is 5.79. The van der Waals surface area contributed by atoms with E-state index in [1.807, 2.05) is 6.07 Å². The van der Waals surface area contributed by atoms with Crippen molar-refractivity contribution in [2.24, 2.45) is 10.9 Å². The molecular formula is C17H30BrIN4O2S. The SMILES string of the molecule is CCC(CNC(=NC)NCCNS(=O)(=O)CC)Cc1cccc(Br)c1.I. The van der Waals surface area contributed by atoms with E-state index in [0.29, 0.717) is 25.0 Å². The molecule has 9 heteroatoms. The summed E-state index contributed by atoms with van der Waals surface area (Å²) in [4.78, 5) is 4.18. The van der Waals surface area contributed by atoms with Gasteiger partial charge in [0.25, 0.3) is 0 Å². The van der Waals surface area contributed by atoms with Crippen LogP contribution in [0.15, 0.2) is 33.7 Å². The molecule has 1 aromatic carbocycles. The molecule has 0 bridgehead atoms. The average molecular weight is 561 g/mol. The Hall–Kier alpha value is -0.390. The quantitative estimate of drug-likeness (QED) is 0.178. The molecule has 0 radical (unpaired) electrons. The third-order valence-electron chi connectivity index (χ3n) is 3.89. The molecule has 1 unspecified atom stereocenters. The van der Waals surface area contributed by atoms with E-state index < -0.39 is 10.0 Å². The van der Waals surface area contributed by atoms with Gasteiger partial charge in [-0.15, -0.1) is 24.0 Å². The molecule has 26 heavy (non-hydrogen) atoms. The number of halogens is 2. The molecule has 1 atom stereocenters. The van der Waals surface area contributed by atoms with Gasteiger partial charge >= 0.3 is 0 Å². The fourth-order valence-electron chi connectivity index (χ4n) is 2.31. The Labute approximate surface area is 183 Å². The Morgan fingerprint density at radius 2 is 1.96 bits per heavy atom. The van der Waals surface area contributed by atoms with Crippen LogP contribution in [-0.4, -0.2) is 46.8 Å². The molecule has 150 valence electrons. The number of aliphatic imine (C=N–C) groups is 1. The van der Waals surface area contributed by atoms with Crippen LogP contribution in [0.5, 0.6) is 0 Å². The van der Waals surface area contributed by atoms with Crippen LogP contribution in [0.4, 0.5) is 0 Å². The molecule has 0 saturated heterocycles. The van der Waals surface area contributed by atoms with Crippen molar-refractivity contribution in [3.05, 3.63) is 34.3 Å². The summed E-state index contributed by atoms with van der Waals surface area (Å²) >= 11 is 3.51. The van der Waals surface area contributed by atoms with Gasteiger partial charge < -0.3 is 10.6 Å². The monoisotopic (exact) mass is 560 g/mol. The Morgan fingerprint density at radius 1 is 1.23 bits per heavy atom. The van der Waals surface area contributed by atoms with Gasteiger partial charge in [0.1, 0.15) is 0 Å². The molecule has 0 aliphatic heterocycles. The lowest BCUT2D eigenvalue weighted by atomic mass is 9.97. The van der Waals surface area contributed by atoms with Crippen LogP contribution in [0.2, 0.25) is 0 Å². The van der Waals surface area contributed by atoms with Crippen LogP contribution in [0, 0.1) is 5.92 Å². The summed E-state index contributed by atoms with van der Waals surface area (Å²) in [5.74, 6) is 1.27. The van der Waals surface area contributed by atoms with Gasteiger partial charge in [-0.25, -0.2) is 13.1 Å². The van der Waals surface area contributed by atoms with E-state index in [0.717, 1.165) is 23.9 Å². The van der Waals surface area contributed by atoms with E-state index in [-0.39, 0.29) is 29.7 Å². The fraction of sp³-hybridized carbons (Fsp3) is 0.588. The molecule has 1 aromatic rings. The lowest BCUT2D eigenvalue weighted by Gasteiger charge is -2.18. The Morgan fingerprint density at radius 3 is 2.54 bits per heavy atom. The molecule has 1 rings (SSSR count). The maximum Gasteiger partial charge on any atom is 0.211 e. The predicted octanol–water partition coefficient (Wildman–Crippen LogP) is 2.74. The third-order valence-corrected chi connectivity index (χ3v) is 5.79. The maximum absolute atomic E-state index is 11.4. The first-order chi connectivity index (χ1) is 11.9. The summed E-state index contributed by atoms with van der Waals surface area (Å²) in [6, 6.07) is 8.37. The van der Waals surface area contributed by atoms with Gasteiger partial charge in [-0.05, 0) is 37.0 Å². The summed E-state index contributed by atoms with van der Waals surface area (Å²) in [7, 11) is -1.44. The summed E-state index contributed by atoms with van der Waals surface area (Å²) in [6.07, 6.45) is 2.06. The highest BCUT2D eigenvalue weighted by atomic mass is 127. The summed E-state index contributed by atoms with van der Waals surface area (Å²) in [6.45, 7) is 5.43. The van der Waals surface area contributed by atoms with Crippen LogP contribution in [0.3, 0.4) is 0 Å². The Bertz CT molecular complexity index is 656. The lowest BCUT2D eigenvalue weighted by molar-refractivity contribution is 0.493. The van der Waals surface area contributed by atoms with Crippen LogP contribution in [-0.2, 0) is 16.4 Å². The third kappa shape index (κ3) is 10.7. The van der Waals surface area contributed by atoms with Crippen molar-refractivity contribution in [2.45, 2.75) is 26.7 Å². The minimum Gasteiger partial charge on any atom is -0.356 e. The van der Waals surface area contributed by atoms with Crippen molar-refractivity contribution in [2.75, 3.05) is 32.4 Å². The van der Waals surface area contributed by atoms with Crippen molar-refractivity contribution < 1.29 is 8.42 Å². The zero-order valence-corrected chi connectivity index (χ0v) is 20.3. The van der Waals surface area contributed by atoms with Gasteiger partial charge in [0.15, 0.2) is 5.96 Å². The van der Waals surface area contributed by atoms with Crippen LogP contribution in [0.25, 0.3) is 0 Å². The molecule has 0 saturated carbocycles. The van der Waals surface area contributed by atoms with Crippen molar-refractivity contribution in [3.8, 4) is 0 Å². The van der Waals surface area contributed by atoms with E-state index in [1.54, 1.807) is 14.0 Å². The van der Waals surface area contributed by atoms with Crippen LogP contribution < -0.4 is 15.4 Å². The van der Waals surface area contributed by atoms with Gasteiger partial charge in [-0.1, -0.05) is 41.4 Å². The first-order valence-corrected chi connectivity index (χ1v) is 11.0. The number of benzene rings is 1. The fourth-order valence-corrected chi connectivity index (χ4v) is 3.37. The molecule has 0 amide bonds. The van der Waals surface area contributed by atoms with E-state index in [9.17, 15) is 8.42 Å². The van der Waals surface area contributed by atoms with Gasteiger partial charge in [0.05, 0.1) is 5.75 Å². The minimum atomic E-state index is -3.15. The molecule has 3 N–H and O–H groups in total. The smallest absolute Gasteiger partial charge is 0.211 e. The molecule has 0 fully saturated rings. The van der Waals surface area contributed by atoms with E-state index in [4.69, 9.17) is 0 Å². The summed E-state index contributed by atoms with van der Waals surface area (Å²) < 4.78 is 26.4. The van der Waals surface area contributed by atoms with Crippen LogP contribution in [0.1, 0.15) is 25.8 Å². The molecule has 6 nitrogen and oxygen atoms in total. The van der Waals surface area contributed by atoms with Crippen molar-refractivity contribution >= 4 is 55.9 Å². The Balaban J connectivity index is 0.00000625. The topological polar surface area (TPSA) is 82.6 Å². The number of nitrogens with zero attached hydrogens (tertiary/aromatic N) is 1.